The van der Waals surface area contributed by atoms with E-state index in [1.807, 2.05) is 30.3 Å². The molecule has 0 heterocycles. The van der Waals surface area contributed by atoms with E-state index in [1.165, 1.54) is 63.9 Å². The molecule has 272 valence electrons. The van der Waals surface area contributed by atoms with Crippen LogP contribution in [0.1, 0.15) is 37.7 Å². The molecule has 0 radical (unpaired) electrons. The van der Waals surface area contributed by atoms with E-state index in [9.17, 15) is 0 Å². The maximum absolute atomic E-state index is 6.57. The summed E-state index contributed by atoms with van der Waals surface area (Å²) in [6.07, 6.45) is 7.50. The van der Waals surface area contributed by atoms with Gasteiger partial charge in [0.05, 0.1) is 0 Å². The van der Waals surface area contributed by atoms with Gasteiger partial charge in [0.25, 0.3) is 0 Å². The van der Waals surface area contributed by atoms with E-state index in [4.69, 9.17) is 6.57 Å². The Morgan fingerprint density at radius 3 is 0.704 bits per heavy atom. The van der Waals surface area contributed by atoms with Crippen molar-refractivity contribution in [1.29, 1.82) is 0 Å². The predicted octanol–water partition coefficient (Wildman–Crippen LogP) is 7.95. The van der Waals surface area contributed by atoms with Gasteiger partial charge < -0.3 is 21.8 Å². The van der Waals surface area contributed by atoms with Gasteiger partial charge in [0.2, 0.25) is 6.54 Å². The SMILES string of the molecule is C1CCCC1.[Br-].[C-]#[N+]Cc1ccccc1.[Ru+2].c1ccc(P(c2ccccc2)c2ccccc2)cc1.c1ccc(P(c2ccccc2)c2ccccc2)cc1. The summed E-state index contributed by atoms with van der Waals surface area (Å²) < 4.78 is 0. The van der Waals surface area contributed by atoms with Crippen LogP contribution in [0.2, 0.25) is 0 Å². The molecule has 0 N–H and O–H groups in total. The zero-order chi connectivity index (χ0) is 35.9. The van der Waals surface area contributed by atoms with Gasteiger partial charge in [0.1, 0.15) is 0 Å². The summed E-state index contributed by atoms with van der Waals surface area (Å²) in [5.74, 6) is 0. The van der Waals surface area contributed by atoms with Crippen molar-refractivity contribution in [3.05, 3.63) is 229 Å². The Balaban J connectivity index is 0.000000210. The second-order valence-corrected chi connectivity index (χ2v) is 16.7. The van der Waals surface area contributed by atoms with Crippen molar-refractivity contribution in [3.8, 4) is 0 Å². The van der Waals surface area contributed by atoms with Crippen molar-refractivity contribution < 1.29 is 36.5 Å². The minimum Gasteiger partial charge on any atom is -1.00 e. The quantitative estimate of drug-likeness (QED) is 0.0871. The molecule has 1 aliphatic carbocycles. The van der Waals surface area contributed by atoms with Crippen LogP contribution >= 0.6 is 15.8 Å². The van der Waals surface area contributed by atoms with Crippen molar-refractivity contribution in [1.82, 2.24) is 0 Å². The Kier molecular flexibility index (Phi) is 22.0. The first kappa shape index (κ1) is 44.4. The zero-order valence-corrected chi connectivity index (χ0v) is 35.6. The molecule has 54 heavy (non-hydrogen) atoms. The van der Waals surface area contributed by atoms with Crippen LogP contribution < -0.4 is 48.8 Å². The average molecular weight is 893 g/mol. The van der Waals surface area contributed by atoms with Gasteiger partial charge in [-0.05, 0) is 47.7 Å². The normalized spacial score (nSPS) is 11.1. The van der Waals surface area contributed by atoms with Gasteiger partial charge in [-0.3, -0.25) is 0 Å². The number of hydrogen-bond acceptors (Lipinski definition) is 0. The molecule has 0 spiro atoms. The second kappa shape index (κ2) is 26.7. The van der Waals surface area contributed by atoms with Crippen LogP contribution in [0.3, 0.4) is 0 Å². The number of halogens is 1. The monoisotopic (exact) mass is 892 g/mol. The van der Waals surface area contributed by atoms with E-state index in [0.29, 0.717) is 6.54 Å². The second-order valence-electron chi connectivity index (χ2n) is 12.3. The van der Waals surface area contributed by atoms with E-state index in [1.54, 1.807) is 0 Å². The molecule has 1 nitrogen and oxygen atoms in total. The first-order valence-electron chi connectivity index (χ1n) is 18.1. The van der Waals surface area contributed by atoms with Crippen LogP contribution in [0.15, 0.2) is 212 Å². The maximum Gasteiger partial charge on any atom is 2.00 e. The third-order valence-electron chi connectivity index (χ3n) is 8.44. The van der Waals surface area contributed by atoms with Crippen LogP contribution in [0.5, 0.6) is 0 Å². The van der Waals surface area contributed by atoms with Gasteiger partial charge in [0, 0.05) is 5.56 Å². The first-order chi connectivity index (χ1) is 25.8. The molecule has 1 fully saturated rings. The molecule has 7 aromatic rings. The Morgan fingerprint density at radius 2 is 0.519 bits per heavy atom. The van der Waals surface area contributed by atoms with Crippen LogP contribution in [0, 0.1) is 6.57 Å². The minimum atomic E-state index is -0.446. The largest absolute Gasteiger partial charge is 2.00 e. The molecule has 5 heteroatoms. The van der Waals surface area contributed by atoms with Crippen molar-refractivity contribution in [3.63, 3.8) is 0 Å². The molecular weight excluding hydrogens is 845 g/mol. The molecule has 1 saturated carbocycles. The molecular formula is C49H47BrNP2Ru+. The summed E-state index contributed by atoms with van der Waals surface area (Å²) in [5.41, 5.74) is 1.09. The summed E-state index contributed by atoms with van der Waals surface area (Å²) in [4.78, 5) is 3.26. The van der Waals surface area contributed by atoms with Crippen LogP contribution in [0.25, 0.3) is 4.85 Å². The zero-order valence-electron chi connectivity index (χ0n) is 30.5. The molecule has 0 aromatic heterocycles. The Bertz CT molecular complexity index is 1660. The fourth-order valence-electron chi connectivity index (χ4n) is 5.92. The average Bonchev–Trinajstić information content (AvgIpc) is 3.83. The predicted molar refractivity (Wildman–Crippen MR) is 230 cm³/mol. The molecule has 0 aliphatic heterocycles. The number of hydrogen-bond donors (Lipinski definition) is 0. The van der Waals surface area contributed by atoms with Gasteiger partial charge in [-0.25, -0.2) is 6.57 Å². The van der Waals surface area contributed by atoms with Crippen molar-refractivity contribution in [2.75, 3.05) is 0 Å². The van der Waals surface area contributed by atoms with Gasteiger partial charge in [-0.15, -0.1) is 0 Å². The maximum atomic E-state index is 6.57. The summed E-state index contributed by atoms with van der Waals surface area (Å²) in [7, 11) is -0.892. The Labute approximate surface area is 349 Å². The summed E-state index contributed by atoms with van der Waals surface area (Å²) in [6, 6.07) is 74.4. The molecule has 0 bridgehead atoms. The number of nitrogens with zero attached hydrogens (tertiary/aromatic N) is 1. The fourth-order valence-corrected chi connectivity index (χ4v) is 10.5. The van der Waals surface area contributed by atoms with Crippen LogP contribution in [-0.4, -0.2) is 0 Å². The van der Waals surface area contributed by atoms with E-state index in [0.717, 1.165) is 5.56 Å². The molecule has 8 rings (SSSR count). The molecule has 7 aromatic carbocycles. The van der Waals surface area contributed by atoms with E-state index in [2.05, 4.69) is 187 Å². The third kappa shape index (κ3) is 15.0. The fraction of sp³-hybridized carbons (Fsp3) is 0.122. The van der Waals surface area contributed by atoms with Crippen molar-refractivity contribution >= 4 is 47.7 Å². The van der Waals surface area contributed by atoms with Crippen LogP contribution in [-0.2, 0) is 26.0 Å². The molecule has 0 amide bonds. The topological polar surface area (TPSA) is 4.36 Å². The molecule has 0 atom stereocenters. The van der Waals surface area contributed by atoms with Crippen LogP contribution in [0.4, 0.5) is 0 Å². The van der Waals surface area contributed by atoms with Gasteiger partial charge >= 0.3 is 19.5 Å². The van der Waals surface area contributed by atoms with Crippen molar-refractivity contribution in [2.24, 2.45) is 0 Å². The molecule has 0 saturated heterocycles. The summed E-state index contributed by atoms with van der Waals surface area (Å²) >= 11 is 0. The molecule has 1 aliphatic rings. The van der Waals surface area contributed by atoms with E-state index >= 15 is 0 Å². The summed E-state index contributed by atoms with van der Waals surface area (Å²) in [6.45, 7) is 7.07. The Hall–Kier alpha value is -4.01. The van der Waals surface area contributed by atoms with Gasteiger partial charge in [-0.2, -0.15) is 0 Å². The van der Waals surface area contributed by atoms with E-state index in [-0.39, 0.29) is 36.5 Å². The van der Waals surface area contributed by atoms with E-state index < -0.39 is 15.8 Å². The smallest absolute Gasteiger partial charge is 1.00 e. The number of benzene rings is 7. The first-order valence-corrected chi connectivity index (χ1v) is 20.8. The van der Waals surface area contributed by atoms with Crippen molar-refractivity contribution in [2.45, 2.75) is 38.6 Å². The number of rotatable bonds is 7. The third-order valence-corrected chi connectivity index (χ3v) is 13.3. The molecule has 0 unspecified atom stereocenters. The standard InChI is InChI=1S/2C18H15P.C8H7N.C5H10.BrH.Ru/c2*1-4-10-16(11-5-1)19(17-12-6-2-7-13-17)18-14-8-3-9-15-18;1-9-7-8-5-3-2-4-6-8;1-2-4-5-3-1;;/h2*1-15H;2-6H,7H2;1-5H2;1H;/q;;;;;+2/p-1. The van der Waals surface area contributed by atoms with Gasteiger partial charge in [0.15, 0.2) is 0 Å². The Morgan fingerprint density at radius 1 is 0.333 bits per heavy atom. The summed E-state index contributed by atoms with van der Waals surface area (Å²) in [5, 5.41) is 8.39. The minimum absolute atomic E-state index is 0. The van der Waals surface area contributed by atoms with Gasteiger partial charge in [-0.1, -0.05) is 244 Å².